The standard InChI is InChI=1S/C14H21NOS/c1-16-14-4-2-12(3-5-14)10-17-11-13-6-8-15-9-7-13/h2-5,13,15H,6-11H2,1H3. The van der Waals surface area contributed by atoms with Gasteiger partial charge in [0, 0.05) is 5.75 Å². The molecule has 94 valence electrons. The average Bonchev–Trinajstić information content (AvgIpc) is 2.41. The molecule has 1 aromatic carbocycles. The SMILES string of the molecule is COc1ccc(CSCC2CCNCC2)cc1. The van der Waals surface area contributed by atoms with Crippen molar-refractivity contribution in [3.8, 4) is 5.75 Å². The Morgan fingerprint density at radius 2 is 1.94 bits per heavy atom. The van der Waals surface area contributed by atoms with Gasteiger partial charge >= 0.3 is 0 Å². The van der Waals surface area contributed by atoms with Crippen molar-refractivity contribution in [3.05, 3.63) is 29.8 Å². The third-order valence-electron chi connectivity index (χ3n) is 3.24. The van der Waals surface area contributed by atoms with E-state index in [9.17, 15) is 0 Å². The van der Waals surface area contributed by atoms with Crippen LogP contribution in [0.25, 0.3) is 0 Å². The molecule has 0 aliphatic carbocycles. The third-order valence-corrected chi connectivity index (χ3v) is 4.48. The maximum Gasteiger partial charge on any atom is 0.118 e. The topological polar surface area (TPSA) is 21.3 Å². The van der Waals surface area contributed by atoms with E-state index in [1.54, 1.807) is 7.11 Å². The molecule has 1 aliphatic heterocycles. The zero-order valence-electron chi connectivity index (χ0n) is 10.4. The number of piperidine rings is 1. The zero-order chi connectivity index (χ0) is 11.9. The summed E-state index contributed by atoms with van der Waals surface area (Å²) in [6.45, 7) is 2.40. The minimum absolute atomic E-state index is 0.916. The molecule has 0 bridgehead atoms. The van der Waals surface area contributed by atoms with Gasteiger partial charge in [0.1, 0.15) is 5.75 Å². The van der Waals surface area contributed by atoms with Crippen LogP contribution in [-0.4, -0.2) is 26.0 Å². The smallest absolute Gasteiger partial charge is 0.118 e. The van der Waals surface area contributed by atoms with E-state index in [2.05, 4.69) is 29.2 Å². The lowest BCUT2D eigenvalue weighted by atomic mass is 10.0. The first kappa shape index (κ1) is 12.8. The lowest BCUT2D eigenvalue weighted by Crippen LogP contribution is -2.28. The van der Waals surface area contributed by atoms with Crippen LogP contribution in [0, 0.1) is 5.92 Å². The van der Waals surface area contributed by atoms with Gasteiger partial charge in [-0.3, -0.25) is 0 Å². The van der Waals surface area contributed by atoms with Crippen LogP contribution in [0.4, 0.5) is 0 Å². The maximum atomic E-state index is 5.16. The fourth-order valence-electron chi connectivity index (χ4n) is 2.11. The average molecular weight is 251 g/mol. The van der Waals surface area contributed by atoms with Gasteiger partial charge in [0.05, 0.1) is 7.11 Å². The molecule has 0 radical (unpaired) electrons. The summed E-state index contributed by atoms with van der Waals surface area (Å²) in [5.74, 6) is 4.28. The molecule has 0 unspecified atom stereocenters. The zero-order valence-corrected chi connectivity index (χ0v) is 11.3. The Morgan fingerprint density at radius 3 is 2.59 bits per heavy atom. The number of nitrogens with one attached hydrogen (secondary N) is 1. The molecular formula is C14H21NOS. The second-order valence-electron chi connectivity index (χ2n) is 4.56. The molecule has 3 heteroatoms. The van der Waals surface area contributed by atoms with E-state index in [0.717, 1.165) is 17.4 Å². The lowest BCUT2D eigenvalue weighted by molar-refractivity contribution is 0.408. The largest absolute Gasteiger partial charge is 0.497 e. The quantitative estimate of drug-likeness (QED) is 0.869. The first-order valence-electron chi connectivity index (χ1n) is 6.30. The number of ether oxygens (including phenoxy) is 1. The summed E-state index contributed by atoms with van der Waals surface area (Å²) in [6.07, 6.45) is 2.69. The molecule has 1 N–H and O–H groups in total. The predicted molar refractivity (Wildman–Crippen MR) is 74.7 cm³/mol. The van der Waals surface area contributed by atoms with Crippen LogP contribution in [0.5, 0.6) is 5.75 Å². The molecule has 0 aromatic heterocycles. The van der Waals surface area contributed by atoms with Crippen molar-refractivity contribution < 1.29 is 4.74 Å². The van der Waals surface area contributed by atoms with E-state index >= 15 is 0 Å². The fourth-order valence-corrected chi connectivity index (χ4v) is 3.33. The molecule has 0 spiro atoms. The summed E-state index contributed by atoms with van der Waals surface area (Å²) >= 11 is 2.06. The molecule has 1 saturated heterocycles. The van der Waals surface area contributed by atoms with Crippen molar-refractivity contribution in [2.75, 3.05) is 26.0 Å². The molecule has 1 aromatic rings. The van der Waals surface area contributed by atoms with Gasteiger partial charge < -0.3 is 10.1 Å². The van der Waals surface area contributed by atoms with E-state index in [4.69, 9.17) is 4.74 Å². The summed E-state index contributed by atoms with van der Waals surface area (Å²) < 4.78 is 5.16. The van der Waals surface area contributed by atoms with E-state index in [0.29, 0.717) is 0 Å². The van der Waals surface area contributed by atoms with Crippen molar-refractivity contribution in [1.29, 1.82) is 0 Å². The van der Waals surface area contributed by atoms with E-state index in [-0.39, 0.29) is 0 Å². The molecule has 0 atom stereocenters. The molecule has 1 aliphatic rings. The molecular weight excluding hydrogens is 230 g/mol. The van der Waals surface area contributed by atoms with Crippen LogP contribution in [0.3, 0.4) is 0 Å². The lowest BCUT2D eigenvalue weighted by Gasteiger charge is -2.22. The summed E-state index contributed by atoms with van der Waals surface area (Å²) in [6, 6.07) is 8.41. The van der Waals surface area contributed by atoms with Gasteiger partial charge in [0.2, 0.25) is 0 Å². The Balaban J connectivity index is 1.69. The first-order chi connectivity index (χ1) is 8.38. The highest BCUT2D eigenvalue weighted by atomic mass is 32.2. The molecule has 1 heterocycles. The van der Waals surface area contributed by atoms with Crippen LogP contribution >= 0.6 is 11.8 Å². The van der Waals surface area contributed by atoms with E-state index in [1.165, 1.54) is 37.2 Å². The van der Waals surface area contributed by atoms with Gasteiger partial charge in [-0.25, -0.2) is 0 Å². The third kappa shape index (κ3) is 4.25. The highest BCUT2D eigenvalue weighted by Crippen LogP contribution is 2.22. The molecule has 0 saturated carbocycles. The van der Waals surface area contributed by atoms with Gasteiger partial charge in [-0.1, -0.05) is 12.1 Å². The van der Waals surface area contributed by atoms with Crippen LogP contribution < -0.4 is 10.1 Å². The van der Waals surface area contributed by atoms with Crippen molar-refractivity contribution in [3.63, 3.8) is 0 Å². The Morgan fingerprint density at radius 1 is 1.24 bits per heavy atom. The van der Waals surface area contributed by atoms with Crippen LogP contribution in [0.15, 0.2) is 24.3 Å². The highest BCUT2D eigenvalue weighted by molar-refractivity contribution is 7.98. The molecule has 17 heavy (non-hydrogen) atoms. The van der Waals surface area contributed by atoms with Crippen molar-refractivity contribution in [2.45, 2.75) is 18.6 Å². The first-order valence-corrected chi connectivity index (χ1v) is 7.45. The number of methoxy groups -OCH3 is 1. The predicted octanol–water partition coefficient (Wildman–Crippen LogP) is 2.93. The van der Waals surface area contributed by atoms with Gasteiger partial charge in [-0.2, -0.15) is 11.8 Å². The number of benzene rings is 1. The Labute approximate surface area is 108 Å². The van der Waals surface area contributed by atoms with Gasteiger partial charge in [0.25, 0.3) is 0 Å². The van der Waals surface area contributed by atoms with E-state index < -0.39 is 0 Å². The molecule has 0 amide bonds. The van der Waals surface area contributed by atoms with Gasteiger partial charge in [-0.05, 0) is 55.3 Å². The summed E-state index contributed by atoms with van der Waals surface area (Å²) in [5, 5.41) is 3.41. The number of hydrogen-bond donors (Lipinski definition) is 1. The summed E-state index contributed by atoms with van der Waals surface area (Å²) in [7, 11) is 1.71. The Kier molecular flexibility index (Phi) is 5.20. The number of hydrogen-bond acceptors (Lipinski definition) is 3. The van der Waals surface area contributed by atoms with E-state index in [1.807, 2.05) is 12.1 Å². The van der Waals surface area contributed by atoms with Crippen LogP contribution in [0.2, 0.25) is 0 Å². The van der Waals surface area contributed by atoms with Crippen LogP contribution in [-0.2, 0) is 5.75 Å². The normalized spacial score (nSPS) is 17.0. The minimum atomic E-state index is 0.916. The van der Waals surface area contributed by atoms with Gasteiger partial charge in [-0.15, -0.1) is 0 Å². The molecule has 2 nitrogen and oxygen atoms in total. The Bertz CT molecular complexity index is 319. The second-order valence-corrected chi connectivity index (χ2v) is 5.59. The monoisotopic (exact) mass is 251 g/mol. The molecule has 2 rings (SSSR count). The van der Waals surface area contributed by atoms with Crippen LogP contribution in [0.1, 0.15) is 18.4 Å². The summed E-state index contributed by atoms with van der Waals surface area (Å²) in [4.78, 5) is 0. The molecule has 1 fully saturated rings. The maximum absolute atomic E-state index is 5.16. The second kappa shape index (κ2) is 6.92. The fraction of sp³-hybridized carbons (Fsp3) is 0.571. The minimum Gasteiger partial charge on any atom is -0.497 e. The highest BCUT2D eigenvalue weighted by Gasteiger charge is 2.12. The van der Waals surface area contributed by atoms with Gasteiger partial charge in [0.15, 0.2) is 0 Å². The summed E-state index contributed by atoms with van der Waals surface area (Å²) in [5.41, 5.74) is 1.39. The van der Waals surface area contributed by atoms with Crippen molar-refractivity contribution >= 4 is 11.8 Å². The number of thioether (sulfide) groups is 1. The van der Waals surface area contributed by atoms with Crippen molar-refractivity contribution in [1.82, 2.24) is 5.32 Å². The number of rotatable bonds is 5. The van der Waals surface area contributed by atoms with Crippen molar-refractivity contribution in [2.24, 2.45) is 5.92 Å². The Hall–Kier alpha value is -0.670.